The summed E-state index contributed by atoms with van der Waals surface area (Å²) >= 11 is 0. The molecule has 0 spiro atoms. The third-order valence-corrected chi connectivity index (χ3v) is 0. The van der Waals surface area contributed by atoms with Gasteiger partial charge in [-0.05, 0) is 7.05 Å². The zero-order chi connectivity index (χ0) is 2.00. The van der Waals surface area contributed by atoms with E-state index in [1.165, 1.54) is 7.05 Å². The first-order chi connectivity index (χ1) is 1.00. The number of hydrogen-bond donors (Lipinski definition) is 1. The molecule has 0 aromatic heterocycles. The Labute approximate surface area is 58.2 Å². The minimum absolute atomic E-state index is 0. The van der Waals surface area contributed by atoms with Crippen LogP contribution >= 0.6 is 12.4 Å². The average Bonchev–Trinajstić information content (AvgIpc) is 1.00. The van der Waals surface area contributed by atoms with Gasteiger partial charge in [-0.25, -0.2) is 0 Å². The molecule has 0 aromatic rings. The van der Waals surface area contributed by atoms with Crippen LogP contribution in [-0.2, 0) is 32.7 Å². The van der Waals surface area contributed by atoms with E-state index in [0.717, 1.165) is 0 Å². The molecule has 0 aromatic carbocycles. The Kier molecular flexibility index (Phi) is 2010. The fraction of sp³-hybridized carbons (Fsp3) is 1.00. The molecule has 0 bridgehead atoms. The van der Waals surface area contributed by atoms with Gasteiger partial charge in [0.15, 0.2) is 0 Å². The molecule has 0 rings (SSSR count). The van der Waals surface area contributed by atoms with Crippen molar-refractivity contribution in [1.82, 2.24) is 0 Å². The second-order valence-corrected chi connectivity index (χ2v) is 0. The average molecular weight is 147 g/mol. The van der Waals surface area contributed by atoms with E-state index in [1.807, 2.05) is 0 Å². The van der Waals surface area contributed by atoms with Crippen LogP contribution in [0.15, 0.2) is 0 Å². The second kappa shape index (κ2) is 180. The van der Waals surface area contributed by atoms with Crippen LogP contribution in [0.2, 0.25) is 0 Å². The van der Waals surface area contributed by atoms with E-state index in [1.54, 1.807) is 0 Å². The third kappa shape index (κ3) is 94.2. The summed E-state index contributed by atoms with van der Waals surface area (Å²) in [6.07, 6.45) is 0. The van der Waals surface area contributed by atoms with Crippen LogP contribution in [0.4, 0.5) is 0 Å². The van der Waals surface area contributed by atoms with Crippen molar-refractivity contribution in [3.8, 4) is 0 Å². The Bertz CT molecular complexity index is 13.5. The number of halogens is 1. The monoisotopic (exact) mass is 147 g/mol. The molecule has 0 amide bonds. The van der Waals surface area contributed by atoms with Crippen molar-refractivity contribution in [2.24, 2.45) is 5.73 Å². The van der Waals surface area contributed by atoms with Crippen LogP contribution in [0.3, 0.4) is 0 Å². The molecule has 0 radical (unpaired) electrons. The van der Waals surface area contributed by atoms with Gasteiger partial charge in [0.05, 0.1) is 0 Å². The molecule has 2 N–H and O–H groups in total. The zero-order valence-electron chi connectivity index (χ0n) is 3.30. The predicted octanol–water partition coefficient (Wildman–Crippen LogP) is -0.243. The summed E-state index contributed by atoms with van der Waals surface area (Å²) in [5, 5.41) is 0. The summed E-state index contributed by atoms with van der Waals surface area (Å²) in [6.45, 7) is 0. The second-order valence-electron chi connectivity index (χ2n) is 0. The SMILES string of the molecule is CN.Cl.[O-2].[O-2].[Ti+4]. The van der Waals surface area contributed by atoms with Crippen molar-refractivity contribution in [2.45, 2.75) is 0 Å². The molecule has 0 heterocycles. The maximum atomic E-state index is 4.50. The van der Waals surface area contributed by atoms with Gasteiger partial charge in [-0.2, -0.15) is 0 Å². The van der Waals surface area contributed by atoms with E-state index >= 15 is 0 Å². The molecule has 0 saturated carbocycles. The van der Waals surface area contributed by atoms with Gasteiger partial charge in [0.25, 0.3) is 0 Å². The van der Waals surface area contributed by atoms with E-state index in [4.69, 9.17) is 0 Å². The van der Waals surface area contributed by atoms with Crippen molar-refractivity contribution in [3.63, 3.8) is 0 Å². The van der Waals surface area contributed by atoms with Crippen LogP contribution in [0, 0.1) is 0 Å². The van der Waals surface area contributed by atoms with Crippen molar-refractivity contribution in [2.75, 3.05) is 7.05 Å². The van der Waals surface area contributed by atoms with Gasteiger partial charge in [-0.15, -0.1) is 12.4 Å². The fourth-order valence-corrected chi connectivity index (χ4v) is 0. The molecule has 5 heteroatoms. The summed E-state index contributed by atoms with van der Waals surface area (Å²) in [5.74, 6) is 0. The molecule has 0 unspecified atom stereocenters. The predicted molar refractivity (Wildman–Crippen MR) is 18.7 cm³/mol. The molecule has 0 atom stereocenters. The first kappa shape index (κ1) is 67.1. The van der Waals surface area contributed by atoms with E-state index in [0.29, 0.717) is 0 Å². The molecule has 38 valence electrons. The van der Waals surface area contributed by atoms with E-state index in [-0.39, 0.29) is 45.1 Å². The van der Waals surface area contributed by atoms with Crippen LogP contribution in [0.5, 0.6) is 0 Å². The molecular formula is CH6ClNO2Ti. The summed E-state index contributed by atoms with van der Waals surface area (Å²) in [7, 11) is 1.50. The van der Waals surface area contributed by atoms with E-state index in [2.05, 4.69) is 5.73 Å². The first-order valence-electron chi connectivity index (χ1n) is 0.577. The van der Waals surface area contributed by atoms with Gasteiger partial charge < -0.3 is 16.7 Å². The quantitative estimate of drug-likeness (QED) is 0.471. The topological polar surface area (TPSA) is 83.0 Å². The normalized spacial score (nSPS) is 1.00. The Hall–Kier alpha value is 0.884. The van der Waals surface area contributed by atoms with Crippen molar-refractivity contribution in [3.05, 3.63) is 0 Å². The summed E-state index contributed by atoms with van der Waals surface area (Å²) < 4.78 is 0. The van der Waals surface area contributed by atoms with Gasteiger partial charge in [0.2, 0.25) is 0 Å². The Morgan fingerprint density at radius 3 is 1.00 bits per heavy atom. The molecule has 0 saturated heterocycles. The van der Waals surface area contributed by atoms with Gasteiger partial charge in [-0.1, -0.05) is 0 Å². The van der Waals surface area contributed by atoms with Crippen LogP contribution in [0.1, 0.15) is 0 Å². The standard InChI is InChI=1S/CH5N.ClH.2O.Ti/c1-2;;;;/h2H2,1H3;1H;;;/q;;2*-2;+4. The molecular weight excluding hydrogens is 141 g/mol. The van der Waals surface area contributed by atoms with E-state index in [9.17, 15) is 0 Å². The first-order valence-corrected chi connectivity index (χ1v) is 0.577. The van der Waals surface area contributed by atoms with Gasteiger partial charge >= 0.3 is 21.7 Å². The molecule has 0 fully saturated rings. The zero-order valence-corrected chi connectivity index (χ0v) is 5.68. The summed E-state index contributed by atoms with van der Waals surface area (Å²) in [4.78, 5) is 0. The summed E-state index contributed by atoms with van der Waals surface area (Å²) in [6, 6.07) is 0. The number of nitrogens with two attached hydrogens (primary N) is 1. The molecule has 6 heavy (non-hydrogen) atoms. The Morgan fingerprint density at radius 2 is 1.00 bits per heavy atom. The Morgan fingerprint density at radius 1 is 1.00 bits per heavy atom. The van der Waals surface area contributed by atoms with Crippen LogP contribution in [-0.4, -0.2) is 7.05 Å². The number of rotatable bonds is 0. The number of hydrogen-bond acceptors (Lipinski definition) is 1. The Balaban J connectivity index is -0.000000000833. The van der Waals surface area contributed by atoms with E-state index < -0.39 is 0 Å². The van der Waals surface area contributed by atoms with Crippen LogP contribution < -0.4 is 5.73 Å². The van der Waals surface area contributed by atoms with Crippen molar-refractivity contribution in [1.29, 1.82) is 0 Å². The molecule has 3 nitrogen and oxygen atoms in total. The van der Waals surface area contributed by atoms with Gasteiger partial charge in [-0.3, -0.25) is 0 Å². The maximum Gasteiger partial charge on any atom is 4.00 e. The van der Waals surface area contributed by atoms with Crippen molar-refractivity contribution < 1.29 is 32.7 Å². The van der Waals surface area contributed by atoms with Crippen LogP contribution in [0.25, 0.3) is 0 Å². The van der Waals surface area contributed by atoms with Crippen molar-refractivity contribution >= 4 is 12.4 Å². The molecule has 0 aliphatic rings. The van der Waals surface area contributed by atoms with Gasteiger partial charge in [0.1, 0.15) is 0 Å². The third-order valence-electron chi connectivity index (χ3n) is 0. The largest absolute Gasteiger partial charge is 4.00 e. The smallest absolute Gasteiger partial charge is 2.00 e. The maximum absolute atomic E-state index is 4.50. The summed E-state index contributed by atoms with van der Waals surface area (Å²) in [5.41, 5.74) is 4.50. The minimum Gasteiger partial charge on any atom is -2.00 e. The minimum atomic E-state index is 0. The molecule has 0 aliphatic carbocycles. The van der Waals surface area contributed by atoms with Gasteiger partial charge in [0, 0.05) is 0 Å². The molecule has 0 aliphatic heterocycles. The fourth-order valence-electron chi connectivity index (χ4n) is 0.